The lowest BCUT2D eigenvalue weighted by Gasteiger charge is -2.16. The van der Waals surface area contributed by atoms with Crippen LogP contribution in [0.4, 0.5) is 0 Å². The van der Waals surface area contributed by atoms with Crippen molar-refractivity contribution >= 4 is 45.3 Å². The van der Waals surface area contributed by atoms with Crippen LogP contribution in [0.25, 0.3) is 11.7 Å². The van der Waals surface area contributed by atoms with Crippen molar-refractivity contribution in [1.29, 1.82) is 0 Å². The Morgan fingerprint density at radius 2 is 2.19 bits per heavy atom. The van der Waals surface area contributed by atoms with Crippen LogP contribution in [0.1, 0.15) is 23.9 Å². The average molecular weight is 431 g/mol. The van der Waals surface area contributed by atoms with Crippen LogP contribution in [0.5, 0.6) is 0 Å². The van der Waals surface area contributed by atoms with Gasteiger partial charge in [-0.3, -0.25) is 9.20 Å². The van der Waals surface area contributed by atoms with E-state index in [1.54, 1.807) is 23.9 Å². The Labute approximate surface area is 165 Å². The Balaban J connectivity index is 1.77. The van der Waals surface area contributed by atoms with Crippen molar-refractivity contribution in [3.05, 3.63) is 70.6 Å². The van der Waals surface area contributed by atoms with E-state index < -0.39 is 0 Å². The van der Waals surface area contributed by atoms with Gasteiger partial charge < -0.3 is 5.32 Å². The number of pyridine rings is 1. The van der Waals surface area contributed by atoms with Crippen LogP contribution in [0, 0.1) is 0 Å². The van der Waals surface area contributed by atoms with Crippen LogP contribution in [0.2, 0.25) is 0 Å². The second-order valence-corrected chi connectivity index (χ2v) is 7.62. The third kappa shape index (κ3) is 4.74. The van der Waals surface area contributed by atoms with Gasteiger partial charge in [-0.25, -0.2) is 0 Å². The molecule has 7 heteroatoms. The van der Waals surface area contributed by atoms with Crippen LogP contribution in [0.3, 0.4) is 0 Å². The Morgan fingerprint density at radius 3 is 3.00 bits per heavy atom. The maximum absolute atomic E-state index is 12.4. The smallest absolute Gasteiger partial charge is 0.244 e. The van der Waals surface area contributed by atoms with Crippen LogP contribution in [-0.2, 0) is 4.79 Å². The first-order valence-corrected chi connectivity index (χ1v) is 10.4. The fourth-order valence-electron chi connectivity index (χ4n) is 2.60. The Hall–Kier alpha value is -2.12. The summed E-state index contributed by atoms with van der Waals surface area (Å²) in [7, 11) is 0. The number of benzene rings is 1. The van der Waals surface area contributed by atoms with Gasteiger partial charge in [0.15, 0.2) is 11.5 Å². The first-order chi connectivity index (χ1) is 12.7. The minimum absolute atomic E-state index is 0.149. The summed E-state index contributed by atoms with van der Waals surface area (Å²) in [4.78, 5) is 12.4. The number of aromatic nitrogens is 3. The molecular formula is C19H19BrN4OS. The van der Waals surface area contributed by atoms with Gasteiger partial charge in [0.2, 0.25) is 5.91 Å². The van der Waals surface area contributed by atoms with E-state index in [0.29, 0.717) is 0 Å². The molecule has 0 aliphatic heterocycles. The first-order valence-electron chi connectivity index (χ1n) is 8.20. The van der Waals surface area contributed by atoms with E-state index >= 15 is 0 Å². The van der Waals surface area contributed by atoms with E-state index in [0.717, 1.165) is 33.7 Å². The third-order valence-electron chi connectivity index (χ3n) is 3.85. The van der Waals surface area contributed by atoms with Gasteiger partial charge in [0.05, 0.1) is 6.04 Å². The SMILES string of the molecule is CSCC[C@@H](NC(=O)/C=C/c1cccc(Br)c1)c1nnc2ccccn12. The molecule has 0 unspecified atom stereocenters. The zero-order chi connectivity index (χ0) is 18.4. The topological polar surface area (TPSA) is 59.3 Å². The minimum atomic E-state index is -0.195. The number of thioether (sulfide) groups is 1. The highest BCUT2D eigenvalue weighted by atomic mass is 79.9. The monoisotopic (exact) mass is 430 g/mol. The van der Waals surface area contributed by atoms with Gasteiger partial charge in [-0.15, -0.1) is 10.2 Å². The van der Waals surface area contributed by atoms with Gasteiger partial charge >= 0.3 is 0 Å². The molecule has 1 atom stereocenters. The van der Waals surface area contributed by atoms with Crippen molar-refractivity contribution in [1.82, 2.24) is 19.9 Å². The molecule has 0 spiro atoms. The van der Waals surface area contributed by atoms with Crippen molar-refractivity contribution in [2.24, 2.45) is 0 Å². The molecule has 0 bridgehead atoms. The number of carbonyl (C=O) groups is 1. The molecule has 2 aromatic heterocycles. The van der Waals surface area contributed by atoms with Crippen molar-refractivity contribution in [3.8, 4) is 0 Å². The number of halogens is 1. The molecule has 26 heavy (non-hydrogen) atoms. The largest absolute Gasteiger partial charge is 0.342 e. The number of fused-ring (bicyclic) bond motifs is 1. The quantitative estimate of drug-likeness (QED) is 0.572. The van der Waals surface area contributed by atoms with Gasteiger partial charge in [-0.1, -0.05) is 34.1 Å². The van der Waals surface area contributed by atoms with E-state index in [2.05, 4.69) is 31.4 Å². The summed E-state index contributed by atoms with van der Waals surface area (Å²) in [5, 5.41) is 11.5. The van der Waals surface area contributed by atoms with Crippen LogP contribution in [0.15, 0.2) is 59.2 Å². The van der Waals surface area contributed by atoms with Crippen LogP contribution >= 0.6 is 27.7 Å². The van der Waals surface area contributed by atoms with E-state index in [9.17, 15) is 4.79 Å². The third-order valence-corrected chi connectivity index (χ3v) is 4.99. The number of hydrogen-bond acceptors (Lipinski definition) is 4. The standard InChI is InChI=1S/C19H19BrN4OS/c1-26-12-10-16(19-23-22-17-7-2-3-11-24(17)19)21-18(25)9-8-14-5-4-6-15(20)13-14/h2-9,11,13,16H,10,12H2,1H3,(H,21,25)/b9-8+/t16-/m1/s1. The Kier molecular flexibility index (Phi) is 6.46. The van der Waals surface area contributed by atoms with Gasteiger partial charge in [0, 0.05) is 16.7 Å². The zero-order valence-electron chi connectivity index (χ0n) is 14.3. The fourth-order valence-corrected chi connectivity index (χ4v) is 3.49. The number of nitrogens with zero attached hydrogens (tertiary/aromatic N) is 3. The second-order valence-electron chi connectivity index (χ2n) is 5.72. The van der Waals surface area contributed by atoms with Gasteiger partial charge in [0.25, 0.3) is 0 Å². The highest BCUT2D eigenvalue weighted by Crippen LogP contribution is 2.18. The zero-order valence-corrected chi connectivity index (χ0v) is 16.7. The van der Waals surface area contributed by atoms with Crippen molar-refractivity contribution in [3.63, 3.8) is 0 Å². The van der Waals surface area contributed by atoms with Crippen LogP contribution < -0.4 is 5.32 Å². The summed E-state index contributed by atoms with van der Waals surface area (Å²) >= 11 is 5.17. The molecule has 0 aliphatic rings. The lowest BCUT2D eigenvalue weighted by Crippen LogP contribution is -2.29. The molecule has 0 fully saturated rings. The van der Waals surface area contributed by atoms with Gasteiger partial charge in [-0.2, -0.15) is 11.8 Å². The second kappa shape index (κ2) is 9.00. The predicted molar refractivity (Wildman–Crippen MR) is 110 cm³/mol. The molecule has 1 amide bonds. The minimum Gasteiger partial charge on any atom is -0.342 e. The molecule has 0 saturated heterocycles. The molecular weight excluding hydrogens is 412 g/mol. The first kappa shape index (κ1) is 18.7. The molecule has 0 radical (unpaired) electrons. The molecule has 1 aromatic carbocycles. The number of hydrogen-bond donors (Lipinski definition) is 1. The molecule has 5 nitrogen and oxygen atoms in total. The summed E-state index contributed by atoms with van der Waals surface area (Å²) in [6.07, 6.45) is 8.10. The van der Waals surface area contributed by atoms with Gasteiger partial charge in [-0.05, 0) is 54.3 Å². The molecule has 3 aromatic rings. The van der Waals surface area contributed by atoms with Crippen LogP contribution in [-0.4, -0.2) is 32.5 Å². The van der Waals surface area contributed by atoms with Gasteiger partial charge in [0.1, 0.15) is 0 Å². The van der Waals surface area contributed by atoms with Crippen molar-refractivity contribution in [2.75, 3.05) is 12.0 Å². The number of carbonyl (C=O) groups excluding carboxylic acids is 1. The Bertz CT molecular complexity index is 925. The van der Waals surface area contributed by atoms with E-state index in [-0.39, 0.29) is 11.9 Å². The summed E-state index contributed by atoms with van der Waals surface area (Å²) < 4.78 is 2.90. The average Bonchev–Trinajstić information content (AvgIpc) is 3.07. The lowest BCUT2D eigenvalue weighted by atomic mass is 10.2. The van der Waals surface area contributed by atoms with E-state index in [1.807, 2.05) is 59.3 Å². The maximum atomic E-state index is 12.4. The highest BCUT2D eigenvalue weighted by molar-refractivity contribution is 9.10. The summed E-state index contributed by atoms with van der Waals surface area (Å²) in [5.41, 5.74) is 1.73. The van der Waals surface area contributed by atoms with Crippen molar-refractivity contribution in [2.45, 2.75) is 12.5 Å². The molecule has 134 valence electrons. The fraction of sp³-hybridized carbons (Fsp3) is 0.211. The molecule has 0 aliphatic carbocycles. The number of amides is 1. The molecule has 2 heterocycles. The molecule has 0 saturated carbocycles. The summed E-state index contributed by atoms with van der Waals surface area (Å²) in [6.45, 7) is 0. The number of nitrogens with one attached hydrogen (secondary N) is 1. The maximum Gasteiger partial charge on any atom is 0.244 e. The van der Waals surface area contributed by atoms with E-state index in [1.165, 1.54) is 0 Å². The Morgan fingerprint density at radius 1 is 1.31 bits per heavy atom. The molecule has 1 N–H and O–H groups in total. The highest BCUT2D eigenvalue weighted by Gasteiger charge is 2.19. The molecule has 3 rings (SSSR count). The normalized spacial score (nSPS) is 12.5. The number of rotatable bonds is 7. The summed E-state index contributed by atoms with van der Waals surface area (Å²) in [6, 6.07) is 13.4. The van der Waals surface area contributed by atoms with Crippen molar-refractivity contribution < 1.29 is 4.79 Å². The summed E-state index contributed by atoms with van der Waals surface area (Å²) in [5.74, 6) is 1.52. The predicted octanol–water partition coefficient (Wildman–Crippen LogP) is 4.12. The lowest BCUT2D eigenvalue weighted by molar-refractivity contribution is -0.117. The van der Waals surface area contributed by atoms with E-state index in [4.69, 9.17) is 0 Å².